The predicted molar refractivity (Wildman–Crippen MR) is 190 cm³/mol. The summed E-state index contributed by atoms with van der Waals surface area (Å²) in [7, 11) is 0. The van der Waals surface area contributed by atoms with Crippen LogP contribution in [0.15, 0.2) is 30.3 Å². The molecule has 7 heteroatoms. The number of hydrogen-bond acceptors (Lipinski definition) is 7. The van der Waals surface area contributed by atoms with Gasteiger partial charge < -0.3 is 9.47 Å². The third-order valence-corrected chi connectivity index (χ3v) is 8.76. The van der Waals surface area contributed by atoms with Crippen molar-refractivity contribution in [2.75, 3.05) is 13.2 Å². The van der Waals surface area contributed by atoms with E-state index >= 15 is 0 Å². The minimum Gasteiger partial charge on any atom is -0.490 e. The molecule has 0 aliphatic heterocycles. The summed E-state index contributed by atoms with van der Waals surface area (Å²) in [5, 5.41) is 9.29. The molecule has 0 N–H and O–H groups in total. The van der Waals surface area contributed by atoms with Crippen molar-refractivity contribution in [1.82, 2.24) is 19.9 Å². The van der Waals surface area contributed by atoms with Crippen molar-refractivity contribution in [1.29, 1.82) is 5.26 Å². The van der Waals surface area contributed by atoms with Gasteiger partial charge in [0.05, 0.1) is 46.9 Å². The second-order valence-corrected chi connectivity index (χ2v) is 12.8. The molecule has 0 unspecified atom stereocenters. The molecule has 0 bridgehead atoms. The van der Waals surface area contributed by atoms with Crippen LogP contribution < -0.4 is 9.47 Å². The summed E-state index contributed by atoms with van der Waals surface area (Å²) in [6.45, 7) is 5.85. The van der Waals surface area contributed by atoms with Crippen LogP contribution >= 0.6 is 0 Å². The Morgan fingerprint density at radius 1 is 0.478 bits per heavy atom. The van der Waals surface area contributed by atoms with Crippen LogP contribution in [0.5, 0.6) is 11.5 Å². The van der Waals surface area contributed by atoms with Crippen LogP contribution in [0.2, 0.25) is 0 Å². The summed E-state index contributed by atoms with van der Waals surface area (Å²) in [6.07, 6.45) is 25.8. The summed E-state index contributed by atoms with van der Waals surface area (Å²) in [5.74, 6) is 1.43. The molecule has 0 amide bonds. The number of fused-ring (bicyclic) bond motifs is 3. The van der Waals surface area contributed by atoms with E-state index < -0.39 is 0 Å². The van der Waals surface area contributed by atoms with Crippen molar-refractivity contribution in [3.05, 3.63) is 35.9 Å². The number of hydrogen-bond donors (Lipinski definition) is 0. The lowest BCUT2D eigenvalue weighted by atomic mass is 10.1. The molecule has 2 aromatic heterocycles. The fourth-order valence-corrected chi connectivity index (χ4v) is 5.97. The van der Waals surface area contributed by atoms with Gasteiger partial charge in [-0.1, -0.05) is 129 Å². The van der Waals surface area contributed by atoms with E-state index in [1.54, 1.807) is 18.2 Å². The maximum absolute atomic E-state index is 9.29. The number of rotatable bonds is 24. The molecule has 2 aromatic carbocycles. The van der Waals surface area contributed by atoms with Crippen LogP contribution in [0, 0.1) is 11.3 Å². The zero-order valence-electron chi connectivity index (χ0n) is 28.5. The second kappa shape index (κ2) is 20.6. The van der Waals surface area contributed by atoms with E-state index in [4.69, 9.17) is 19.4 Å². The van der Waals surface area contributed by atoms with Gasteiger partial charge in [-0.3, -0.25) is 0 Å². The standard InChI is InChI=1S/C39H55N5O2/c1-3-5-7-9-11-13-15-17-19-21-25-45-36-28-34-35(29-37(36)46-26-22-20-18-16-14-12-10-8-6-4-2)44-39-38(43-34)41-32-24-23-31(30-40)27-33(32)42-39/h23-24,27-29H,3-22,25-26H2,1-2H3. The van der Waals surface area contributed by atoms with Gasteiger partial charge in [0.2, 0.25) is 0 Å². The smallest absolute Gasteiger partial charge is 0.199 e. The average molecular weight is 626 g/mol. The molecule has 0 aliphatic rings. The van der Waals surface area contributed by atoms with Crippen molar-refractivity contribution in [3.63, 3.8) is 0 Å². The van der Waals surface area contributed by atoms with Gasteiger partial charge in [0, 0.05) is 12.1 Å². The summed E-state index contributed by atoms with van der Waals surface area (Å²) in [4.78, 5) is 18.9. The first-order chi connectivity index (χ1) is 22.7. The highest BCUT2D eigenvalue weighted by Crippen LogP contribution is 2.33. The van der Waals surface area contributed by atoms with Crippen molar-refractivity contribution >= 4 is 33.4 Å². The quantitative estimate of drug-likeness (QED) is 0.0564. The SMILES string of the molecule is CCCCCCCCCCCCOc1cc2nc3nc4ccc(C#N)cc4nc3nc2cc1OCCCCCCCCCCCC. The molecule has 46 heavy (non-hydrogen) atoms. The molecule has 7 nitrogen and oxygen atoms in total. The van der Waals surface area contributed by atoms with E-state index in [1.165, 1.54) is 116 Å². The Balaban J connectivity index is 1.35. The second-order valence-electron chi connectivity index (χ2n) is 12.8. The Hall–Kier alpha value is -3.53. The summed E-state index contributed by atoms with van der Waals surface area (Å²) in [5.41, 5.74) is 4.20. The first-order valence-corrected chi connectivity index (χ1v) is 18.3. The van der Waals surface area contributed by atoms with E-state index in [0.29, 0.717) is 57.9 Å². The van der Waals surface area contributed by atoms with Crippen LogP contribution in [0.25, 0.3) is 33.4 Å². The summed E-state index contributed by atoms with van der Waals surface area (Å²) in [6, 6.07) is 11.3. The van der Waals surface area contributed by atoms with Gasteiger partial charge in [0.15, 0.2) is 22.8 Å². The Labute approximate surface area is 276 Å². The molecule has 4 rings (SSSR count). The third kappa shape index (κ3) is 11.7. The molecule has 0 fully saturated rings. The normalized spacial score (nSPS) is 11.4. The fraction of sp³-hybridized carbons (Fsp3) is 0.615. The molecule has 0 aliphatic carbocycles. The van der Waals surface area contributed by atoms with E-state index in [1.807, 2.05) is 12.1 Å². The molecule has 0 radical (unpaired) electrons. The van der Waals surface area contributed by atoms with Gasteiger partial charge in [-0.2, -0.15) is 5.26 Å². The molecule has 0 saturated heterocycles. The largest absolute Gasteiger partial charge is 0.490 e. The average Bonchev–Trinajstić information content (AvgIpc) is 3.07. The van der Waals surface area contributed by atoms with Crippen molar-refractivity contribution in [2.24, 2.45) is 0 Å². The third-order valence-electron chi connectivity index (χ3n) is 8.76. The first-order valence-electron chi connectivity index (χ1n) is 18.3. The lowest BCUT2D eigenvalue weighted by Crippen LogP contribution is -2.04. The van der Waals surface area contributed by atoms with E-state index in [0.717, 1.165) is 18.6 Å². The van der Waals surface area contributed by atoms with Crippen LogP contribution in [-0.4, -0.2) is 33.1 Å². The molecular formula is C39H55N5O2. The number of nitriles is 1. The number of unbranched alkanes of at least 4 members (excludes halogenated alkanes) is 18. The zero-order valence-corrected chi connectivity index (χ0v) is 28.5. The van der Waals surface area contributed by atoms with E-state index in [-0.39, 0.29) is 0 Å². The minimum atomic E-state index is 0.453. The maximum atomic E-state index is 9.29. The van der Waals surface area contributed by atoms with Gasteiger partial charge in [0.1, 0.15) is 0 Å². The minimum absolute atomic E-state index is 0.453. The Morgan fingerprint density at radius 3 is 1.26 bits per heavy atom. The number of ether oxygens (including phenoxy) is 2. The number of nitrogens with zero attached hydrogens (tertiary/aromatic N) is 5. The monoisotopic (exact) mass is 625 g/mol. The molecule has 2 heterocycles. The first kappa shape index (κ1) is 35.3. The molecule has 0 spiro atoms. The molecular weight excluding hydrogens is 570 g/mol. The van der Waals surface area contributed by atoms with Gasteiger partial charge in [-0.25, -0.2) is 19.9 Å². The maximum Gasteiger partial charge on any atom is 0.199 e. The van der Waals surface area contributed by atoms with Gasteiger partial charge in [-0.15, -0.1) is 0 Å². The zero-order chi connectivity index (χ0) is 32.2. The Kier molecular flexibility index (Phi) is 15.8. The highest BCUT2D eigenvalue weighted by molar-refractivity contribution is 5.89. The van der Waals surface area contributed by atoms with E-state index in [9.17, 15) is 5.26 Å². The lowest BCUT2D eigenvalue weighted by molar-refractivity contribution is 0.259. The molecule has 248 valence electrons. The van der Waals surface area contributed by atoms with Crippen molar-refractivity contribution < 1.29 is 9.47 Å². The van der Waals surface area contributed by atoms with Crippen molar-refractivity contribution in [3.8, 4) is 17.6 Å². The Bertz CT molecular complexity index is 1520. The van der Waals surface area contributed by atoms with Crippen LogP contribution in [0.1, 0.15) is 148 Å². The summed E-state index contributed by atoms with van der Waals surface area (Å²) >= 11 is 0. The van der Waals surface area contributed by atoms with E-state index in [2.05, 4.69) is 29.9 Å². The molecule has 0 saturated carbocycles. The lowest BCUT2D eigenvalue weighted by Gasteiger charge is -2.14. The van der Waals surface area contributed by atoms with Gasteiger partial charge in [-0.05, 0) is 31.0 Å². The van der Waals surface area contributed by atoms with Gasteiger partial charge >= 0.3 is 0 Å². The number of benzene rings is 2. The van der Waals surface area contributed by atoms with Crippen molar-refractivity contribution in [2.45, 2.75) is 142 Å². The predicted octanol–water partition coefficient (Wildman–Crippen LogP) is 11.2. The van der Waals surface area contributed by atoms with Crippen LogP contribution in [0.3, 0.4) is 0 Å². The molecule has 0 atom stereocenters. The highest BCUT2D eigenvalue weighted by atomic mass is 16.5. The van der Waals surface area contributed by atoms with Crippen LogP contribution in [-0.2, 0) is 0 Å². The topological polar surface area (TPSA) is 93.8 Å². The molecule has 4 aromatic rings. The Morgan fingerprint density at radius 2 is 0.848 bits per heavy atom. The highest BCUT2D eigenvalue weighted by Gasteiger charge is 2.13. The van der Waals surface area contributed by atoms with Gasteiger partial charge in [0.25, 0.3) is 0 Å². The fourth-order valence-electron chi connectivity index (χ4n) is 5.97. The summed E-state index contributed by atoms with van der Waals surface area (Å²) < 4.78 is 12.6. The van der Waals surface area contributed by atoms with Crippen LogP contribution in [0.4, 0.5) is 0 Å². The number of aromatic nitrogens is 4.